The minimum absolute atomic E-state index is 0.0206. The molecule has 0 spiro atoms. The minimum Gasteiger partial charge on any atom is -0.390 e. The van der Waals surface area contributed by atoms with Crippen LogP contribution in [-0.4, -0.2) is 26.2 Å². The summed E-state index contributed by atoms with van der Waals surface area (Å²) in [5.41, 5.74) is 8.76. The van der Waals surface area contributed by atoms with Crippen molar-refractivity contribution < 1.29 is 9.90 Å². The van der Waals surface area contributed by atoms with Crippen molar-refractivity contribution in [3.8, 4) is 11.3 Å². The maximum Gasteiger partial charge on any atom is 0.269 e. The van der Waals surface area contributed by atoms with Crippen molar-refractivity contribution in [3.05, 3.63) is 76.2 Å². The van der Waals surface area contributed by atoms with E-state index in [2.05, 4.69) is 15.2 Å². The molecule has 7 heteroatoms. The lowest BCUT2D eigenvalue weighted by molar-refractivity contribution is 0.0995. The summed E-state index contributed by atoms with van der Waals surface area (Å²) in [4.78, 5) is 15.9. The van der Waals surface area contributed by atoms with Crippen molar-refractivity contribution in [2.75, 3.05) is 0 Å². The molecule has 0 bridgehead atoms. The van der Waals surface area contributed by atoms with E-state index >= 15 is 0 Å². The second-order valence-corrected chi connectivity index (χ2v) is 5.92. The molecule has 3 aromatic rings. The summed E-state index contributed by atoms with van der Waals surface area (Å²) in [5, 5.41) is 17.4. The summed E-state index contributed by atoms with van der Waals surface area (Å²) in [7, 11) is 0. The molecule has 3 N–H and O–H groups in total. The van der Waals surface area contributed by atoms with Gasteiger partial charge in [-0.05, 0) is 41.8 Å². The van der Waals surface area contributed by atoms with Crippen molar-refractivity contribution in [3.63, 3.8) is 0 Å². The van der Waals surface area contributed by atoms with Gasteiger partial charge in [0.15, 0.2) is 5.69 Å². The Bertz CT molecular complexity index is 913. The Balaban J connectivity index is 1.91. The molecule has 0 saturated heterocycles. The summed E-state index contributed by atoms with van der Waals surface area (Å²) in [6.45, 7) is -0.286. The zero-order chi connectivity index (χ0) is 17.8. The van der Waals surface area contributed by atoms with Crippen LogP contribution < -0.4 is 5.73 Å². The quantitative estimate of drug-likeness (QED) is 0.732. The maximum absolute atomic E-state index is 11.6. The number of halogens is 1. The molecule has 0 aliphatic heterocycles. The fourth-order valence-electron chi connectivity index (χ4n) is 2.46. The number of benzene rings is 1. The molecular weight excluding hydrogens is 340 g/mol. The highest BCUT2D eigenvalue weighted by molar-refractivity contribution is 6.30. The van der Waals surface area contributed by atoms with E-state index in [-0.39, 0.29) is 12.3 Å². The number of primary amides is 1. The Labute approximate surface area is 149 Å². The van der Waals surface area contributed by atoms with Crippen LogP contribution in [0.1, 0.15) is 27.3 Å². The van der Waals surface area contributed by atoms with Gasteiger partial charge in [-0.25, -0.2) is 0 Å². The number of nitrogens with zero attached hydrogens (tertiary/aromatic N) is 3. The van der Waals surface area contributed by atoms with Gasteiger partial charge in [0.05, 0.1) is 18.0 Å². The third kappa shape index (κ3) is 3.99. The number of amides is 1. The fraction of sp³-hybridized carbons (Fsp3) is 0.111. The Kier molecular flexibility index (Phi) is 5.02. The second kappa shape index (κ2) is 7.38. The summed E-state index contributed by atoms with van der Waals surface area (Å²) < 4.78 is 0. The molecule has 3 rings (SSSR count). The molecule has 0 atom stereocenters. The first-order chi connectivity index (χ1) is 12.1. The van der Waals surface area contributed by atoms with Crippen LogP contribution in [0.2, 0.25) is 5.02 Å². The van der Waals surface area contributed by atoms with Gasteiger partial charge in [-0.2, -0.15) is 5.10 Å². The van der Waals surface area contributed by atoms with E-state index in [1.54, 1.807) is 18.3 Å². The first-order valence-electron chi connectivity index (χ1n) is 7.54. The van der Waals surface area contributed by atoms with Crippen LogP contribution in [0.3, 0.4) is 0 Å². The highest BCUT2D eigenvalue weighted by Gasteiger charge is 2.15. The molecule has 6 nitrogen and oxygen atoms in total. The predicted molar refractivity (Wildman–Crippen MR) is 94.0 cm³/mol. The van der Waals surface area contributed by atoms with Crippen LogP contribution in [0.15, 0.2) is 48.7 Å². The molecule has 2 aromatic heterocycles. The number of hydrogen-bond acceptors (Lipinski definition) is 5. The maximum atomic E-state index is 11.6. The second-order valence-electron chi connectivity index (χ2n) is 5.48. The van der Waals surface area contributed by atoms with Crippen LogP contribution >= 0.6 is 11.6 Å². The van der Waals surface area contributed by atoms with E-state index in [9.17, 15) is 9.90 Å². The first kappa shape index (κ1) is 17.0. The molecule has 2 heterocycles. The lowest BCUT2D eigenvalue weighted by Gasteiger charge is -2.08. The van der Waals surface area contributed by atoms with Crippen molar-refractivity contribution in [2.45, 2.75) is 13.0 Å². The predicted octanol–water partition coefficient (Wildman–Crippen LogP) is 2.37. The van der Waals surface area contributed by atoms with Gasteiger partial charge >= 0.3 is 0 Å². The number of pyridine rings is 1. The van der Waals surface area contributed by atoms with Crippen molar-refractivity contribution in [1.29, 1.82) is 0 Å². The van der Waals surface area contributed by atoms with Gasteiger partial charge in [-0.15, -0.1) is 5.10 Å². The lowest BCUT2D eigenvalue weighted by atomic mass is 10.0. The Morgan fingerprint density at radius 2 is 1.96 bits per heavy atom. The van der Waals surface area contributed by atoms with Crippen LogP contribution in [-0.2, 0) is 13.0 Å². The summed E-state index contributed by atoms with van der Waals surface area (Å²) in [5.74, 6) is -0.697. The molecule has 0 unspecified atom stereocenters. The smallest absolute Gasteiger partial charge is 0.269 e. The van der Waals surface area contributed by atoms with Gasteiger partial charge in [0.1, 0.15) is 0 Å². The number of aromatic nitrogens is 3. The number of rotatable bonds is 5. The third-order valence-electron chi connectivity index (χ3n) is 3.64. The van der Waals surface area contributed by atoms with Crippen LogP contribution in [0.25, 0.3) is 11.3 Å². The average molecular weight is 355 g/mol. The average Bonchev–Trinajstić information content (AvgIpc) is 2.62. The van der Waals surface area contributed by atoms with E-state index in [0.29, 0.717) is 28.4 Å². The largest absolute Gasteiger partial charge is 0.390 e. The topological polar surface area (TPSA) is 102 Å². The molecule has 0 radical (unpaired) electrons. The summed E-state index contributed by atoms with van der Waals surface area (Å²) in [6.07, 6.45) is 2.41. The molecular formula is C18H15ClN4O2. The zero-order valence-electron chi connectivity index (χ0n) is 13.2. The Morgan fingerprint density at radius 3 is 2.60 bits per heavy atom. The molecule has 1 amide bonds. The van der Waals surface area contributed by atoms with E-state index in [1.165, 1.54) is 0 Å². The van der Waals surface area contributed by atoms with Gasteiger partial charge in [0, 0.05) is 16.8 Å². The van der Waals surface area contributed by atoms with Gasteiger partial charge in [-0.1, -0.05) is 29.8 Å². The van der Waals surface area contributed by atoms with Gasteiger partial charge in [0.2, 0.25) is 0 Å². The van der Waals surface area contributed by atoms with Crippen LogP contribution in [0, 0.1) is 0 Å². The highest BCUT2D eigenvalue weighted by atomic mass is 35.5. The van der Waals surface area contributed by atoms with E-state index in [0.717, 1.165) is 11.1 Å². The molecule has 0 saturated carbocycles. The monoisotopic (exact) mass is 354 g/mol. The molecule has 126 valence electrons. The number of nitrogens with two attached hydrogens (primary N) is 1. The van der Waals surface area contributed by atoms with E-state index < -0.39 is 5.91 Å². The standard InChI is InChI=1S/C18H15ClN4O2/c19-13-3-1-2-11(7-13)6-12-4-5-16(21-9-12)15-8-14(10-24)22-23-17(15)18(20)25/h1-5,7-9,24H,6,10H2,(H2,20,25). The number of aliphatic hydroxyl groups excluding tert-OH is 1. The first-order valence-corrected chi connectivity index (χ1v) is 7.91. The van der Waals surface area contributed by atoms with Crippen LogP contribution in [0.4, 0.5) is 0 Å². The number of aliphatic hydroxyl groups is 1. The van der Waals surface area contributed by atoms with Gasteiger partial charge < -0.3 is 10.8 Å². The summed E-state index contributed by atoms with van der Waals surface area (Å²) >= 11 is 6.00. The number of carbonyl (C=O) groups excluding carboxylic acids is 1. The van der Waals surface area contributed by atoms with Crippen LogP contribution in [0.5, 0.6) is 0 Å². The summed E-state index contributed by atoms with van der Waals surface area (Å²) in [6, 6.07) is 12.9. The van der Waals surface area contributed by atoms with Crippen molar-refractivity contribution in [2.24, 2.45) is 5.73 Å². The molecule has 25 heavy (non-hydrogen) atoms. The van der Waals surface area contributed by atoms with E-state index in [4.69, 9.17) is 17.3 Å². The molecule has 0 aliphatic carbocycles. The van der Waals surface area contributed by atoms with Gasteiger partial charge in [0.25, 0.3) is 5.91 Å². The van der Waals surface area contributed by atoms with Gasteiger partial charge in [-0.3, -0.25) is 9.78 Å². The normalized spacial score (nSPS) is 10.6. The van der Waals surface area contributed by atoms with Crippen molar-refractivity contribution >= 4 is 17.5 Å². The third-order valence-corrected chi connectivity index (χ3v) is 3.87. The van der Waals surface area contributed by atoms with E-state index in [1.807, 2.05) is 30.3 Å². The molecule has 0 fully saturated rings. The SMILES string of the molecule is NC(=O)c1nnc(CO)cc1-c1ccc(Cc2cccc(Cl)c2)cn1. The number of hydrogen-bond donors (Lipinski definition) is 2. The fourth-order valence-corrected chi connectivity index (χ4v) is 2.67. The van der Waals surface area contributed by atoms with Crippen molar-refractivity contribution in [1.82, 2.24) is 15.2 Å². The highest BCUT2D eigenvalue weighted by Crippen LogP contribution is 2.22. The number of carbonyl (C=O) groups is 1. The lowest BCUT2D eigenvalue weighted by Crippen LogP contribution is -2.16. The zero-order valence-corrected chi connectivity index (χ0v) is 13.9. The minimum atomic E-state index is -0.697. The molecule has 0 aliphatic rings. The Morgan fingerprint density at radius 1 is 1.12 bits per heavy atom. The Hall–Kier alpha value is -2.83. The molecule has 1 aromatic carbocycles.